The first kappa shape index (κ1) is 25.0. The second-order valence-corrected chi connectivity index (χ2v) is 6.86. The summed E-state index contributed by atoms with van der Waals surface area (Å²) in [7, 11) is 5.39. The van der Waals surface area contributed by atoms with E-state index in [1.807, 2.05) is 24.3 Å². The highest BCUT2D eigenvalue weighted by molar-refractivity contribution is 14.0. The van der Waals surface area contributed by atoms with E-state index >= 15 is 0 Å². The zero-order valence-corrected chi connectivity index (χ0v) is 20.1. The molecule has 6 nitrogen and oxygen atoms in total. The molecule has 0 amide bonds. The maximum atomic E-state index is 6.00. The van der Waals surface area contributed by atoms with Gasteiger partial charge in [-0.25, -0.2) is 4.99 Å². The van der Waals surface area contributed by atoms with Crippen molar-refractivity contribution in [2.45, 2.75) is 32.5 Å². The molecule has 0 aromatic heterocycles. The monoisotopic (exact) mass is 512 g/mol. The second kappa shape index (κ2) is 13.3. The van der Waals surface area contributed by atoms with Crippen LogP contribution >= 0.6 is 24.0 Å². The summed E-state index contributed by atoms with van der Waals surface area (Å²) in [5, 5.41) is 3.20. The van der Waals surface area contributed by atoms with Gasteiger partial charge in [-0.2, -0.15) is 0 Å². The summed E-state index contributed by atoms with van der Waals surface area (Å²) in [5.41, 5.74) is 8.34. The van der Waals surface area contributed by atoms with Crippen molar-refractivity contribution in [3.8, 4) is 11.5 Å². The quantitative estimate of drug-likeness (QED) is 0.289. The van der Waals surface area contributed by atoms with Gasteiger partial charge in [-0.15, -0.1) is 24.0 Å². The van der Waals surface area contributed by atoms with E-state index in [2.05, 4.69) is 53.4 Å². The Balaban J connectivity index is 0.00000420. The highest BCUT2D eigenvalue weighted by Crippen LogP contribution is 2.27. The van der Waals surface area contributed by atoms with Gasteiger partial charge in [-0.3, -0.25) is 4.90 Å². The van der Waals surface area contributed by atoms with Crippen molar-refractivity contribution in [1.82, 2.24) is 10.2 Å². The first-order chi connectivity index (χ1) is 13.5. The third kappa shape index (κ3) is 8.49. The van der Waals surface area contributed by atoms with Gasteiger partial charge < -0.3 is 20.5 Å². The second-order valence-electron chi connectivity index (χ2n) is 6.86. The summed E-state index contributed by atoms with van der Waals surface area (Å²) in [5.74, 6) is 1.85. The molecule has 0 aliphatic heterocycles. The standard InChI is InChI=1S/C22H32N4O2.HI/c1-17(26(2)16-18-8-6-5-7-9-18)12-13-24-22(23)25-15-19-10-11-20(27-3)21(14-19)28-4;/h5-11,14,17H,12-13,15-16H2,1-4H3,(H3,23,24,25);1H. The number of hydrogen-bond donors (Lipinski definition) is 2. The molecule has 1 atom stereocenters. The highest BCUT2D eigenvalue weighted by Gasteiger charge is 2.09. The number of aliphatic imine (C=N–C) groups is 1. The number of nitrogens with two attached hydrogens (primary N) is 1. The lowest BCUT2D eigenvalue weighted by molar-refractivity contribution is 0.239. The Kier molecular flexibility index (Phi) is 11.5. The first-order valence-electron chi connectivity index (χ1n) is 9.52. The first-order valence-corrected chi connectivity index (χ1v) is 9.52. The molecule has 29 heavy (non-hydrogen) atoms. The summed E-state index contributed by atoms with van der Waals surface area (Å²) in [6.45, 7) is 4.43. The van der Waals surface area contributed by atoms with Crippen molar-refractivity contribution >= 4 is 29.9 Å². The molecule has 1 unspecified atom stereocenters. The van der Waals surface area contributed by atoms with Gasteiger partial charge in [0.15, 0.2) is 17.5 Å². The number of halogens is 1. The summed E-state index contributed by atoms with van der Waals surface area (Å²) in [4.78, 5) is 6.75. The summed E-state index contributed by atoms with van der Waals surface area (Å²) in [6, 6.07) is 16.7. The van der Waals surface area contributed by atoms with Crippen molar-refractivity contribution < 1.29 is 9.47 Å². The van der Waals surface area contributed by atoms with Crippen LogP contribution in [0.25, 0.3) is 0 Å². The van der Waals surface area contributed by atoms with Gasteiger partial charge >= 0.3 is 0 Å². The van der Waals surface area contributed by atoms with Gasteiger partial charge in [-0.1, -0.05) is 36.4 Å². The van der Waals surface area contributed by atoms with Crippen LogP contribution in [0, 0.1) is 0 Å². The van der Waals surface area contributed by atoms with Crippen LogP contribution in [0.15, 0.2) is 53.5 Å². The predicted octanol–water partition coefficient (Wildman–Crippen LogP) is 3.64. The van der Waals surface area contributed by atoms with Crippen LogP contribution in [0.1, 0.15) is 24.5 Å². The SMILES string of the molecule is COc1ccc(CN=C(N)NCCC(C)N(C)Cc2ccccc2)cc1OC.I. The Hall–Kier alpha value is -2.00. The van der Waals surface area contributed by atoms with Crippen molar-refractivity contribution in [2.75, 3.05) is 27.8 Å². The minimum absolute atomic E-state index is 0. The van der Waals surface area contributed by atoms with Crippen LogP contribution in [0.4, 0.5) is 0 Å². The normalized spacial score (nSPS) is 12.2. The number of methoxy groups -OCH3 is 2. The van der Waals surface area contributed by atoms with Gasteiger partial charge in [-0.05, 0) is 43.7 Å². The van der Waals surface area contributed by atoms with Crippen molar-refractivity contribution in [1.29, 1.82) is 0 Å². The van der Waals surface area contributed by atoms with E-state index < -0.39 is 0 Å². The maximum Gasteiger partial charge on any atom is 0.188 e. The number of nitrogens with one attached hydrogen (secondary N) is 1. The lowest BCUT2D eigenvalue weighted by atomic mass is 10.1. The molecule has 0 saturated heterocycles. The number of nitrogens with zero attached hydrogens (tertiary/aromatic N) is 2. The van der Waals surface area contributed by atoms with Crippen molar-refractivity contribution in [3.05, 3.63) is 59.7 Å². The molecule has 0 fully saturated rings. The molecule has 2 aromatic rings. The van der Waals surface area contributed by atoms with Gasteiger partial charge in [0.05, 0.1) is 20.8 Å². The van der Waals surface area contributed by atoms with Crippen LogP contribution in [0.5, 0.6) is 11.5 Å². The molecule has 160 valence electrons. The number of hydrogen-bond acceptors (Lipinski definition) is 4. The van der Waals surface area contributed by atoms with Gasteiger partial charge in [0.1, 0.15) is 0 Å². The Bertz CT molecular complexity index is 756. The van der Waals surface area contributed by atoms with Gasteiger partial charge in [0.25, 0.3) is 0 Å². The minimum Gasteiger partial charge on any atom is -0.493 e. The van der Waals surface area contributed by atoms with E-state index in [-0.39, 0.29) is 24.0 Å². The Morgan fingerprint density at radius 3 is 2.41 bits per heavy atom. The van der Waals surface area contributed by atoms with Gasteiger partial charge in [0, 0.05) is 19.1 Å². The molecule has 0 heterocycles. The van der Waals surface area contributed by atoms with Crippen LogP contribution in [-0.2, 0) is 13.1 Å². The molecule has 0 aliphatic carbocycles. The van der Waals surface area contributed by atoms with Crippen LogP contribution in [0.3, 0.4) is 0 Å². The lowest BCUT2D eigenvalue weighted by Gasteiger charge is -2.25. The van der Waals surface area contributed by atoms with E-state index in [1.54, 1.807) is 14.2 Å². The minimum atomic E-state index is 0. The van der Waals surface area contributed by atoms with E-state index in [4.69, 9.17) is 15.2 Å². The van der Waals surface area contributed by atoms with Crippen LogP contribution in [0.2, 0.25) is 0 Å². The molecule has 3 N–H and O–H groups in total. The van der Waals surface area contributed by atoms with Crippen molar-refractivity contribution in [2.24, 2.45) is 10.7 Å². The third-order valence-electron chi connectivity index (χ3n) is 4.78. The molecule has 0 aliphatic rings. The van der Waals surface area contributed by atoms with E-state index in [1.165, 1.54) is 5.56 Å². The number of rotatable bonds is 10. The molecule has 0 bridgehead atoms. The Morgan fingerprint density at radius 2 is 1.76 bits per heavy atom. The smallest absolute Gasteiger partial charge is 0.188 e. The molecule has 0 saturated carbocycles. The number of guanidine groups is 1. The molecule has 2 rings (SSSR count). The molecule has 0 radical (unpaired) electrons. The zero-order valence-electron chi connectivity index (χ0n) is 17.7. The average Bonchev–Trinajstić information content (AvgIpc) is 2.72. The largest absolute Gasteiger partial charge is 0.493 e. The fraction of sp³-hybridized carbons (Fsp3) is 0.409. The fourth-order valence-electron chi connectivity index (χ4n) is 2.87. The average molecular weight is 512 g/mol. The van der Waals surface area contributed by atoms with Gasteiger partial charge in [0.2, 0.25) is 0 Å². The highest BCUT2D eigenvalue weighted by atomic mass is 127. The fourth-order valence-corrected chi connectivity index (χ4v) is 2.87. The maximum absolute atomic E-state index is 6.00. The molecular formula is C22H33IN4O2. The predicted molar refractivity (Wildman–Crippen MR) is 130 cm³/mol. The topological polar surface area (TPSA) is 72.1 Å². The molecule has 7 heteroatoms. The Labute approximate surface area is 191 Å². The van der Waals surface area contributed by atoms with Crippen molar-refractivity contribution in [3.63, 3.8) is 0 Å². The summed E-state index contributed by atoms with van der Waals surface area (Å²) >= 11 is 0. The van der Waals surface area contributed by atoms with E-state index in [0.29, 0.717) is 30.0 Å². The molecule has 0 spiro atoms. The Morgan fingerprint density at radius 1 is 1.07 bits per heavy atom. The molecular weight excluding hydrogens is 479 g/mol. The van der Waals surface area contributed by atoms with Crippen LogP contribution < -0.4 is 20.5 Å². The molecule has 2 aromatic carbocycles. The zero-order chi connectivity index (χ0) is 20.4. The van der Waals surface area contributed by atoms with E-state index in [9.17, 15) is 0 Å². The number of benzene rings is 2. The number of ether oxygens (including phenoxy) is 2. The lowest BCUT2D eigenvalue weighted by Crippen LogP contribution is -2.36. The summed E-state index contributed by atoms with van der Waals surface area (Å²) < 4.78 is 10.6. The third-order valence-corrected chi connectivity index (χ3v) is 4.78. The van der Waals surface area contributed by atoms with E-state index in [0.717, 1.165) is 25.1 Å². The summed E-state index contributed by atoms with van der Waals surface area (Å²) in [6.07, 6.45) is 0.982. The van der Waals surface area contributed by atoms with Crippen LogP contribution in [-0.4, -0.2) is 44.7 Å².